The molecule has 0 saturated heterocycles. The van der Waals surface area contributed by atoms with Crippen molar-refractivity contribution in [1.29, 1.82) is 0 Å². The van der Waals surface area contributed by atoms with Gasteiger partial charge in [-0.2, -0.15) is 39.5 Å². The van der Waals surface area contributed by atoms with Gasteiger partial charge in [0.1, 0.15) is 12.4 Å². The summed E-state index contributed by atoms with van der Waals surface area (Å²) in [6, 6.07) is 4.53. The maximum absolute atomic E-state index is 11.8. The van der Waals surface area contributed by atoms with Gasteiger partial charge in [0.2, 0.25) is 28.8 Å². The summed E-state index contributed by atoms with van der Waals surface area (Å²) in [6.45, 7) is -0.518. The smallest absolute Gasteiger partial charge is 0.449 e. The molecule has 0 bridgehead atoms. The average Bonchev–Trinajstić information content (AvgIpc) is 3.47. The number of hydrogen-bond donors (Lipinski definition) is 3. The second-order valence-corrected chi connectivity index (χ2v) is 5.86. The number of carboxylic acids is 2. The van der Waals surface area contributed by atoms with Crippen LogP contribution in [0.25, 0.3) is 0 Å². The highest BCUT2D eigenvalue weighted by molar-refractivity contribution is 5.84. The van der Waals surface area contributed by atoms with Crippen LogP contribution >= 0.6 is 0 Å². The van der Waals surface area contributed by atoms with Gasteiger partial charge in [-0.3, -0.25) is 0 Å². The van der Waals surface area contributed by atoms with Gasteiger partial charge in [0, 0.05) is 0 Å². The molecule has 3 heterocycles. The molecule has 194 valence electrons. The molecular formula is C18H11F9O8. The number of halogens is 9. The van der Waals surface area contributed by atoms with Crippen LogP contribution in [0.4, 0.5) is 39.5 Å². The number of aromatic carboxylic acids is 2. The molecule has 0 aromatic carbocycles. The van der Waals surface area contributed by atoms with Gasteiger partial charge in [-0.15, -0.1) is 0 Å². The molecule has 0 radical (unpaired) electrons. The number of alkyl halides is 9. The lowest BCUT2D eigenvalue weighted by Crippen LogP contribution is -2.02. The summed E-state index contributed by atoms with van der Waals surface area (Å²) in [7, 11) is 0. The Morgan fingerprint density at radius 3 is 1.09 bits per heavy atom. The van der Waals surface area contributed by atoms with E-state index in [4.69, 9.17) is 15.3 Å². The van der Waals surface area contributed by atoms with E-state index in [0.717, 1.165) is 24.3 Å². The maximum atomic E-state index is 11.8. The predicted octanol–water partition coefficient (Wildman–Crippen LogP) is 5.78. The van der Waals surface area contributed by atoms with Gasteiger partial charge in [0.05, 0.1) is 0 Å². The Hall–Kier alpha value is -3.89. The number of aliphatic hydroxyl groups is 1. The third-order valence-electron chi connectivity index (χ3n) is 3.29. The minimum Gasteiger partial charge on any atom is -0.475 e. The van der Waals surface area contributed by atoms with E-state index in [1.807, 2.05) is 0 Å². The number of aliphatic hydroxyl groups excluding tert-OH is 1. The molecule has 3 N–H and O–H groups in total. The second kappa shape index (κ2) is 11.0. The van der Waals surface area contributed by atoms with Gasteiger partial charge in [0.25, 0.3) is 0 Å². The summed E-state index contributed by atoms with van der Waals surface area (Å²) >= 11 is 0. The van der Waals surface area contributed by atoms with E-state index in [1.54, 1.807) is 0 Å². The van der Waals surface area contributed by atoms with Crippen molar-refractivity contribution in [3.05, 3.63) is 71.0 Å². The molecule has 0 aliphatic heterocycles. The van der Waals surface area contributed by atoms with E-state index >= 15 is 0 Å². The van der Waals surface area contributed by atoms with Crippen molar-refractivity contribution in [2.24, 2.45) is 0 Å². The molecule has 0 spiro atoms. The van der Waals surface area contributed by atoms with E-state index in [-0.39, 0.29) is 5.76 Å². The lowest BCUT2D eigenvalue weighted by atomic mass is 10.4. The van der Waals surface area contributed by atoms with Crippen molar-refractivity contribution in [2.45, 2.75) is 25.1 Å². The Kier molecular flexibility index (Phi) is 9.18. The highest BCUT2D eigenvalue weighted by Crippen LogP contribution is 2.32. The molecule has 3 aromatic heterocycles. The molecule has 0 amide bonds. The van der Waals surface area contributed by atoms with Crippen LogP contribution in [-0.4, -0.2) is 27.3 Å². The summed E-state index contributed by atoms with van der Waals surface area (Å²) in [6.07, 6.45) is -13.7. The molecule has 8 nitrogen and oxygen atoms in total. The first-order valence-corrected chi connectivity index (χ1v) is 8.43. The van der Waals surface area contributed by atoms with Crippen molar-refractivity contribution < 1.29 is 77.7 Å². The summed E-state index contributed by atoms with van der Waals surface area (Å²) in [5.41, 5.74) is 0. The topological polar surface area (TPSA) is 134 Å². The number of hydrogen-bond acceptors (Lipinski definition) is 6. The molecule has 0 atom stereocenters. The Bertz CT molecular complexity index is 1050. The summed E-state index contributed by atoms with van der Waals surface area (Å²) in [5, 5.41) is 24.8. The first-order valence-electron chi connectivity index (χ1n) is 8.43. The predicted molar refractivity (Wildman–Crippen MR) is 91.0 cm³/mol. The molecular weight excluding hydrogens is 515 g/mol. The third kappa shape index (κ3) is 9.11. The minimum absolute atomic E-state index is 0.0858. The standard InChI is InChI=1S/2C6H3F3O3.C6H5F3O2/c2*7-6(8,9)4-2-1-3(12-4)5(10)11;7-6(8,9)5-2-1-4(3-10)11-5/h2*1-2H,(H,10,11);1-2,10H,3H2. The molecule has 17 heteroatoms. The highest BCUT2D eigenvalue weighted by Gasteiger charge is 2.36. The monoisotopic (exact) mass is 526 g/mol. The summed E-state index contributed by atoms with van der Waals surface area (Å²) in [4.78, 5) is 20.2. The normalized spacial score (nSPS) is 11.7. The number of rotatable bonds is 3. The van der Waals surface area contributed by atoms with Crippen molar-refractivity contribution in [2.75, 3.05) is 0 Å². The molecule has 0 unspecified atom stereocenters. The first kappa shape index (κ1) is 29.1. The highest BCUT2D eigenvalue weighted by atomic mass is 19.4. The van der Waals surface area contributed by atoms with Crippen LogP contribution in [-0.2, 0) is 25.1 Å². The zero-order valence-corrected chi connectivity index (χ0v) is 16.5. The van der Waals surface area contributed by atoms with Crippen LogP contribution < -0.4 is 0 Å². The van der Waals surface area contributed by atoms with Crippen molar-refractivity contribution in [3.8, 4) is 0 Å². The van der Waals surface area contributed by atoms with Gasteiger partial charge in [-0.05, 0) is 36.4 Å². The quantitative estimate of drug-likeness (QED) is 0.366. The Morgan fingerprint density at radius 1 is 0.600 bits per heavy atom. The Morgan fingerprint density at radius 2 is 0.914 bits per heavy atom. The van der Waals surface area contributed by atoms with Crippen molar-refractivity contribution in [1.82, 2.24) is 0 Å². The van der Waals surface area contributed by atoms with E-state index in [0.29, 0.717) is 12.1 Å². The van der Waals surface area contributed by atoms with E-state index < -0.39 is 65.9 Å². The lowest BCUT2D eigenvalue weighted by molar-refractivity contribution is -0.154. The van der Waals surface area contributed by atoms with Gasteiger partial charge in [-0.1, -0.05) is 0 Å². The lowest BCUT2D eigenvalue weighted by Gasteiger charge is -1.99. The summed E-state index contributed by atoms with van der Waals surface area (Å²) < 4.78 is 118. The van der Waals surface area contributed by atoms with Crippen molar-refractivity contribution >= 4 is 11.9 Å². The molecule has 0 aliphatic carbocycles. The largest absolute Gasteiger partial charge is 0.475 e. The zero-order valence-electron chi connectivity index (χ0n) is 16.5. The van der Waals surface area contributed by atoms with Crippen LogP contribution in [0.1, 0.15) is 44.2 Å². The Balaban J connectivity index is 0.000000263. The number of furan rings is 3. The third-order valence-corrected chi connectivity index (χ3v) is 3.29. The molecule has 0 aliphatic rings. The fourth-order valence-corrected chi connectivity index (χ4v) is 1.83. The number of carboxylic acid groups (broad SMARTS) is 2. The van der Waals surface area contributed by atoms with E-state index in [9.17, 15) is 49.1 Å². The van der Waals surface area contributed by atoms with Gasteiger partial charge in [-0.25, -0.2) is 9.59 Å². The van der Waals surface area contributed by atoms with Crippen LogP contribution in [0, 0.1) is 0 Å². The first-order chi connectivity index (χ1) is 15.9. The SMILES string of the molecule is O=C(O)c1ccc(C(F)(F)F)o1.O=C(O)c1ccc(C(F)(F)F)o1.OCc1ccc(C(F)(F)F)o1. The number of carbonyl (C=O) groups is 2. The fraction of sp³-hybridized carbons (Fsp3) is 0.222. The molecule has 0 fully saturated rings. The second-order valence-electron chi connectivity index (χ2n) is 5.86. The van der Waals surface area contributed by atoms with E-state index in [1.165, 1.54) is 0 Å². The maximum Gasteiger partial charge on any atom is 0.449 e. The van der Waals surface area contributed by atoms with Crippen LogP contribution in [0.5, 0.6) is 0 Å². The van der Waals surface area contributed by atoms with Crippen LogP contribution in [0.2, 0.25) is 0 Å². The summed E-state index contributed by atoms with van der Waals surface area (Å²) in [5.74, 6) is -8.26. The van der Waals surface area contributed by atoms with Crippen molar-refractivity contribution in [3.63, 3.8) is 0 Å². The average molecular weight is 526 g/mol. The van der Waals surface area contributed by atoms with Gasteiger partial charge >= 0.3 is 30.5 Å². The zero-order chi connectivity index (χ0) is 27.2. The van der Waals surface area contributed by atoms with Gasteiger partial charge in [0.15, 0.2) is 0 Å². The molecule has 3 aromatic rings. The molecule has 35 heavy (non-hydrogen) atoms. The van der Waals surface area contributed by atoms with Crippen LogP contribution in [0.15, 0.2) is 49.6 Å². The Labute approximate surface area is 186 Å². The molecule has 3 rings (SSSR count). The fourth-order valence-electron chi connectivity index (χ4n) is 1.83. The van der Waals surface area contributed by atoms with Crippen LogP contribution in [0.3, 0.4) is 0 Å². The minimum atomic E-state index is -4.63. The van der Waals surface area contributed by atoms with Gasteiger partial charge < -0.3 is 28.6 Å². The molecule has 0 saturated carbocycles. The van der Waals surface area contributed by atoms with E-state index in [2.05, 4.69) is 13.3 Å².